The Labute approximate surface area is 92.0 Å². The largest absolute Gasteiger partial charge is 0.355 e. The van der Waals surface area contributed by atoms with Crippen LogP contribution in [0.3, 0.4) is 0 Å². The quantitative estimate of drug-likeness (QED) is 0.532. The first-order chi connectivity index (χ1) is 7.25. The highest BCUT2D eigenvalue weighted by Crippen LogP contribution is 2.15. The number of carbonyl (C=O) groups excluding carboxylic acids is 1. The van der Waals surface area contributed by atoms with E-state index in [0.717, 1.165) is 25.8 Å². The van der Waals surface area contributed by atoms with E-state index in [2.05, 4.69) is 23.5 Å². The van der Waals surface area contributed by atoms with Crippen molar-refractivity contribution in [1.82, 2.24) is 10.6 Å². The van der Waals surface area contributed by atoms with Crippen LogP contribution >= 0.6 is 0 Å². The van der Waals surface area contributed by atoms with Gasteiger partial charge in [0.05, 0.1) is 6.04 Å². The molecule has 3 nitrogen and oxygen atoms in total. The van der Waals surface area contributed by atoms with E-state index < -0.39 is 0 Å². The minimum atomic E-state index is -0.00964. The fourth-order valence-corrected chi connectivity index (χ4v) is 1.91. The molecule has 0 saturated carbocycles. The standard InChI is InChI=1S/C12H20N2O/c1-3-4-5-8-14-12(15)11-10(2)7-6-9-13-11/h1,10-11,13H,4-9H2,2H3,(H,14,15). The van der Waals surface area contributed by atoms with Crippen LogP contribution in [0.4, 0.5) is 0 Å². The zero-order chi connectivity index (χ0) is 11.1. The van der Waals surface area contributed by atoms with Crippen molar-refractivity contribution in [3.8, 4) is 12.3 Å². The van der Waals surface area contributed by atoms with Gasteiger partial charge in [-0.1, -0.05) is 6.92 Å². The summed E-state index contributed by atoms with van der Waals surface area (Å²) in [6.45, 7) is 3.76. The molecule has 0 bridgehead atoms. The second-order valence-corrected chi connectivity index (χ2v) is 4.15. The van der Waals surface area contributed by atoms with Gasteiger partial charge in [0.25, 0.3) is 0 Å². The molecular formula is C12H20N2O. The van der Waals surface area contributed by atoms with Crippen molar-refractivity contribution in [3.63, 3.8) is 0 Å². The lowest BCUT2D eigenvalue weighted by atomic mass is 9.92. The van der Waals surface area contributed by atoms with Crippen LogP contribution in [0, 0.1) is 18.3 Å². The molecule has 0 aromatic heterocycles. The molecule has 1 heterocycles. The highest BCUT2D eigenvalue weighted by Gasteiger charge is 2.26. The molecule has 0 aromatic carbocycles. The van der Waals surface area contributed by atoms with Gasteiger partial charge in [-0.15, -0.1) is 12.3 Å². The molecule has 2 unspecified atom stereocenters. The Balaban J connectivity index is 2.23. The van der Waals surface area contributed by atoms with Gasteiger partial charge in [0.1, 0.15) is 0 Å². The highest BCUT2D eigenvalue weighted by atomic mass is 16.2. The molecule has 1 fully saturated rings. The molecule has 1 amide bonds. The zero-order valence-corrected chi connectivity index (χ0v) is 9.38. The molecule has 3 heteroatoms. The molecule has 1 saturated heterocycles. The zero-order valence-electron chi connectivity index (χ0n) is 9.38. The Morgan fingerprint density at radius 2 is 2.47 bits per heavy atom. The van der Waals surface area contributed by atoms with E-state index in [9.17, 15) is 4.79 Å². The number of rotatable bonds is 4. The number of nitrogens with one attached hydrogen (secondary N) is 2. The minimum Gasteiger partial charge on any atom is -0.355 e. The Kier molecular flexibility index (Phi) is 5.20. The molecule has 0 aromatic rings. The molecule has 0 radical (unpaired) electrons. The Hall–Kier alpha value is -1.01. The Morgan fingerprint density at radius 1 is 1.67 bits per heavy atom. The van der Waals surface area contributed by atoms with Crippen molar-refractivity contribution in [3.05, 3.63) is 0 Å². The van der Waals surface area contributed by atoms with E-state index in [-0.39, 0.29) is 11.9 Å². The first-order valence-electron chi connectivity index (χ1n) is 5.70. The van der Waals surface area contributed by atoms with Gasteiger partial charge in [-0.05, 0) is 31.7 Å². The predicted molar refractivity (Wildman–Crippen MR) is 61.3 cm³/mol. The molecule has 2 N–H and O–H groups in total. The fraction of sp³-hybridized carbons (Fsp3) is 0.750. The van der Waals surface area contributed by atoms with Crippen molar-refractivity contribution < 1.29 is 4.79 Å². The van der Waals surface area contributed by atoms with Crippen LogP contribution in [-0.4, -0.2) is 25.0 Å². The van der Waals surface area contributed by atoms with Crippen LogP contribution in [0.25, 0.3) is 0 Å². The smallest absolute Gasteiger partial charge is 0.237 e. The van der Waals surface area contributed by atoms with Crippen LogP contribution in [0.15, 0.2) is 0 Å². The highest BCUT2D eigenvalue weighted by molar-refractivity contribution is 5.82. The second kappa shape index (κ2) is 6.47. The monoisotopic (exact) mass is 208 g/mol. The summed E-state index contributed by atoms with van der Waals surface area (Å²) < 4.78 is 0. The first-order valence-corrected chi connectivity index (χ1v) is 5.70. The number of unbranched alkanes of at least 4 members (excludes halogenated alkanes) is 1. The fourth-order valence-electron chi connectivity index (χ4n) is 1.91. The van der Waals surface area contributed by atoms with Crippen LogP contribution < -0.4 is 10.6 Å². The summed E-state index contributed by atoms with van der Waals surface area (Å²) in [5.74, 6) is 3.12. The number of carbonyl (C=O) groups is 1. The third kappa shape index (κ3) is 3.93. The average Bonchev–Trinajstić information content (AvgIpc) is 2.25. The van der Waals surface area contributed by atoms with Gasteiger partial charge in [-0.2, -0.15) is 0 Å². The molecule has 2 atom stereocenters. The van der Waals surface area contributed by atoms with Crippen LogP contribution in [-0.2, 0) is 4.79 Å². The van der Waals surface area contributed by atoms with Crippen molar-refractivity contribution in [2.24, 2.45) is 5.92 Å². The lowest BCUT2D eigenvalue weighted by Gasteiger charge is -2.28. The van der Waals surface area contributed by atoms with E-state index in [4.69, 9.17) is 6.42 Å². The average molecular weight is 208 g/mol. The first kappa shape index (κ1) is 12.1. The van der Waals surface area contributed by atoms with Gasteiger partial charge in [0, 0.05) is 13.0 Å². The molecule has 0 spiro atoms. The van der Waals surface area contributed by atoms with E-state index in [1.54, 1.807) is 0 Å². The third-order valence-electron chi connectivity index (χ3n) is 2.85. The third-order valence-corrected chi connectivity index (χ3v) is 2.85. The molecule has 15 heavy (non-hydrogen) atoms. The van der Waals surface area contributed by atoms with E-state index in [0.29, 0.717) is 12.5 Å². The maximum atomic E-state index is 11.7. The number of amides is 1. The minimum absolute atomic E-state index is 0.00964. The summed E-state index contributed by atoms with van der Waals surface area (Å²) in [5.41, 5.74) is 0. The number of terminal acetylenes is 1. The molecule has 0 aliphatic carbocycles. The molecule has 84 valence electrons. The maximum absolute atomic E-state index is 11.7. The normalized spacial score (nSPS) is 25.6. The topological polar surface area (TPSA) is 41.1 Å². The lowest BCUT2D eigenvalue weighted by Crippen LogP contribution is -2.51. The van der Waals surface area contributed by atoms with Crippen molar-refractivity contribution in [2.45, 2.75) is 38.6 Å². The number of hydrogen-bond acceptors (Lipinski definition) is 2. The Bertz CT molecular complexity index is 244. The summed E-state index contributed by atoms with van der Waals surface area (Å²) in [6.07, 6.45) is 9.03. The predicted octanol–water partition coefficient (Wildman–Crippen LogP) is 0.904. The SMILES string of the molecule is C#CCCCNC(=O)C1NCCCC1C. The van der Waals surface area contributed by atoms with Crippen LogP contribution in [0.2, 0.25) is 0 Å². The molecule has 1 aliphatic rings. The van der Waals surface area contributed by atoms with Gasteiger partial charge < -0.3 is 10.6 Å². The summed E-state index contributed by atoms with van der Waals surface area (Å²) in [7, 11) is 0. The van der Waals surface area contributed by atoms with E-state index >= 15 is 0 Å². The van der Waals surface area contributed by atoms with Crippen molar-refractivity contribution in [2.75, 3.05) is 13.1 Å². The van der Waals surface area contributed by atoms with Crippen LogP contribution in [0.1, 0.15) is 32.6 Å². The summed E-state index contributed by atoms with van der Waals surface area (Å²) in [5, 5.41) is 6.18. The van der Waals surface area contributed by atoms with E-state index in [1.807, 2.05) is 0 Å². The van der Waals surface area contributed by atoms with Gasteiger partial charge in [-0.3, -0.25) is 4.79 Å². The van der Waals surface area contributed by atoms with Crippen LogP contribution in [0.5, 0.6) is 0 Å². The number of piperidine rings is 1. The van der Waals surface area contributed by atoms with Gasteiger partial charge in [-0.25, -0.2) is 0 Å². The number of hydrogen-bond donors (Lipinski definition) is 2. The van der Waals surface area contributed by atoms with E-state index in [1.165, 1.54) is 6.42 Å². The van der Waals surface area contributed by atoms with Crippen molar-refractivity contribution >= 4 is 5.91 Å². The van der Waals surface area contributed by atoms with Gasteiger partial charge in [0.2, 0.25) is 5.91 Å². The molecule has 1 rings (SSSR count). The van der Waals surface area contributed by atoms with Crippen molar-refractivity contribution in [1.29, 1.82) is 0 Å². The van der Waals surface area contributed by atoms with Gasteiger partial charge >= 0.3 is 0 Å². The summed E-state index contributed by atoms with van der Waals surface area (Å²) >= 11 is 0. The second-order valence-electron chi connectivity index (χ2n) is 4.15. The molecule has 1 aliphatic heterocycles. The van der Waals surface area contributed by atoms with Gasteiger partial charge in [0.15, 0.2) is 0 Å². The lowest BCUT2D eigenvalue weighted by molar-refractivity contribution is -0.124. The summed E-state index contributed by atoms with van der Waals surface area (Å²) in [6, 6.07) is -0.00964. The Morgan fingerprint density at radius 3 is 3.13 bits per heavy atom. The molecular weight excluding hydrogens is 188 g/mol. The summed E-state index contributed by atoms with van der Waals surface area (Å²) in [4.78, 5) is 11.7. The maximum Gasteiger partial charge on any atom is 0.237 e.